The first kappa shape index (κ1) is 16.4. The van der Waals surface area contributed by atoms with Crippen LogP contribution in [0.3, 0.4) is 0 Å². The Bertz CT molecular complexity index is 570. The summed E-state index contributed by atoms with van der Waals surface area (Å²) in [6.45, 7) is 1.90. The molecule has 8 nitrogen and oxygen atoms in total. The minimum Gasteiger partial charge on any atom is -0.481 e. The van der Waals surface area contributed by atoms with Crippen molar-refractivity contribution in [3.8, 4) is 0 Å². The van der Waals surface area contributed by atoms with Gasteiger partial charge in [0.05, 0.1) is 12.0 Å². The number of rotatable bonds is 7. The number of carboxylic acids is 1. The zero-order valence-electron chi connectivity index (χ0n) is 11.7. The van der Waals surface area contributed by atoms with Crippen LogP contribution in [0.5, 0.6) is 0 Å². The predicted molar refractivity (Wildman–Crippen MR) is 74.5 cm³/mol. The molecular weight excluding hydrogens is 280 g/mol. The number of esters is 1. The van der Waals surface area contributed by atoms with Gasteiger partial charge in [-0.05, 0) is 25.5 Å². The third-order valence-corrected chi connectivity index (χ3v) is 2.78. The molecule has 1 rings (SSSR count). The van der Waals surface area contributed by atoms with E-state index < -0.39 is 16.9 Å². The SMILES string of the molecule is COC(=O)c1cc(NCCCC(=O)O)cc(C)c1[N+](=O)[O-]. The van der Waals surface area contributed by atoms with E-state index >= 15 is 0 Å². The summed E-state index contributed by atoms with van der Waals surface area (Å²) >= 11 is 0. The van der Waals surface area contributed by atoms with Crippen molar-refractivity contribution in [2.45, 2.75) is 19.8 Å². The van der Waals surface area contributed by atoms with E-state index in [0.29, 0.717) is 24.2 Å². The fourth-order valence-corrected chi connectivity index (χ4v) is 1.86. The number of benzene rings is 1. The monoisotopic (exact) mass is 296 g/mol. The molecule has 0 unspecified atom stereocenters. The molecule has 0 saturated heterocycles. The zero-order chi connectivity index (χ0) is 16.0. The number of methoxy groups -OCH3 is 1. The number of carboxylic acid groups (broad SMARTS) is 1. The molecule has 8 heteroatoms. The molecular formula is C13H16N2O6. The molecule has 0 saturated carbocycles. The van der Waals surface area contributed by atoms with Crippen LogP contribution in [-0.4, -0.2) is 35.6 Å². The number of hydrogen-bond acceptors (Lipinski definition) is 6. The van der Waals surface area contributed by atoms with Gasteiger partial charge in [-0.25, -0.2) is 4.79 Å². The van der Waals surface area contributed by atoms with E-state index in [0.717, 1.165) is 7.11 Å². The van der Waals surface area contributed by atoms with Gasteiger partial charge in [0.1, 0.15) is 5.56 Å². The van der Waals surface area contributed by atoms with Gasteiger partial charge in [0.15, 0.2) is 0 Å². The number of aryl methyl sites for hydroxylation is 1. The van der Waals surface area contributed by atoms with Crippen LogP contribution in [0.1, 0.15) is 28.8 Å². The highest BCUT2D eigenvalue weighted by atomic mass is 16.6. The van der Waals surface area contributed by atoms with Gasteiger partial charge < -0.3 is 15.2 Å². The van der Waals surface area contributed by atoms with Gasteiger partial charge in [0.25, 0.3) is 5.69 Å². The van der Waals surface area contributed by atoms with Crippen molar-refractivity contribution in [1.29, 1.82) is 0 Å². The Hall–Kier alpha value is -2.64. The second kappa shape index (κ2) is 7.22. The van der Waals surface area contributed by atoms with Crippen molar-refractivity contribution in [2.24, 2.45) is 0 Å². The van der Waals surface area contributed by atoms with E-state index in [2.05, 4.69) is 10.1 Å². The van der Waals surface area contributed by atoms with E-state index in [1.54, 1.807) is 0 Å². The molecule has 0 amide bonds. The first-order valence-corrected chi connectivity index (χ1v) is 6.19. The third kappa shape index (κ3) is 4.44. The Kier molecular flexibility index (Phi) is 5.65. The molecule has 0 heterocycles. The van der Waals surface area contributed by atoms with E-state index in [4.69, 9.17) is 5.11 Å². The molecule has 1 aromatic carbocycles. The van der Waals surface area contributed by atoms with Crippen LogP contribution in [0.2, 0.25) is 0 Å². The number of aliphatic carboxylic acids is 1. The van der Waals surface area contributed by atoms with Crippen molar-refractivity contribution >= 4 is 23.3 Å². The van der Waals surface area contributed by atoms with Gasteiger partial charge in [-0.15, -0.1) is 0 Å². The summed E-state index contributed by atoms with van der Waals surface area (Å²) in [5, 5.41) is 22.5. The summed E-state index contributed by atoms with van der Waals surface area (Å²) in [6.07, 6.45) is 0.418. The predicted octanol–water partition coefficient (Wildman–Crippen LogP) is 1.97. The van der Waals surface area contributed by atoms with Crippen molar-refractivity contribution in [2.75, 3.05) is 19.0 Å². The van der Waals surface area contributed by atoms with Crippen LogP contribution >= 0.6 is 0 Å². The summed E-state index contributed by atoms with van der Waals surface area (Å²) in [6, 6.07) is 2.86. The lowest BCUT2D eigenvalue weighted by Crippen LogP contribution is -2.10. The van der Waals surface area contributed by atoms with E-state index in [1.165, 1.54) is 19.1 Å². The Morgan fingerprint density at radius 1 is 1.43 bits per heavy atom. The van der Waals surface area contributed by atoms with Crippen LogP contribution in [0, 0.1) is 17.0 Å². The molecule has 0 aliphatic carbocycles. The van der Waals surface area contributed by atoms with Gasteiger partial charge >= 0.3 is 11.9 Å². The lowest BCUT2D eigenvalue weighted by molar-refractivity contribution is -0.385. The summed E-state index contributed by atoms with van der Waals surface area (Å²) in [5.41, 5.74) is 0.397. The zero-order valence-corrected chi connectivity index (χ0v) is 11.7. The average molecular weight is 296 g/mol. The number of anilines is 1. The fraction of sp³-hybridized carbons (Fsp3) is 0.385. The van der Waals surface area contributed by atoms with Gasteiger partial charge in [0.2, 0.25) is 0 Å². The maximum Gasteiger partial charge on any atom is 0.344 e. The lowest BCUT2D eigenvalue weighted by atomic mass is 10.1. The summed E-state index contributed by atoms with van der Waals surface area (Å²) in [4.78, 5) is 32.4. The number of carbonyl (C=O) groups excluding carboxylic acids is 1. The minimum absolute atomic E-state index is 0.0167. The molecule has 0 spiro atoms. The third-order valence-electron chi connectivity index (χ3n) is 2.78. The number of ether oxygens (including phenoxy) is 1. The quantitative estimate of drug-likeness (QED) is 0.341. The fourth-order valence-electron chi connectivity index (χ4n) is 1.86. The van der Waals surface area contributed by atoms with Crippen molar-refractivity contribution in [1.82, 2.24) is 0 Å². The van der Waals surface area contributed by atoms with Crippen molar-refractivity contribution < 1.29 is 24.4 Å². The van der Waals surface area contributed by atoms with Crippen molar-refractivity contribution in [3.63, 3.8) is 0 Å². The molecule has 21 heavy (non-hydrogen) atoms. The number of hydrogen-bond donors (Lipinski definition) is 2. The molecule has 0 radical (unpaired) electrons. The van der Waals surface area contributed by atoms with Gasteiger partial charge in [-0.2, -0.15) is 0 Å². The Balaban J connectivity index is 2.97. The number of nitrogens with one attached hydrogen (secondary N) is 1. The van der Waals surface area contributed by atoms with Crippen molar-refractivity contribution in [3.05, 3.63) is 33.4 Å². The smallest absolute Gasteiger partial charge is 0.344 e. The number of nitrogens with zero attached hydrogens (tertiary/aromatic N) is 1. The number of nitro benzene ring substituents is 1. The van der Waals surface area contributed by atoms with E-state index in [-0.39, 0.29) is 17.7 Å². The van der Waals surface area contributed by atoms with E-state index in [9.17, 15) is 19.7 Å². The highest BCUT2D eigenvalue weighted by molar-refractivity contribution is 5.95. The summed E-state index contributed by atoms with van der Waals surface area (Å²) < 4.78 is 4.55. The highest BCUT2D eigenvalue weighted by Gasteiger charge is 2.24. The van der Waals surface area contributed by atoms with Gasteiger partial charge in [-0.3, -0.25) is 14.9 Å². The number of nitro groups is 1. The second-order valence-electron chi connectivity index (χ2n) is 4.36. The van der Waals surface area contributed by atoms with Crippen LogP contribution < -0.4 is 5.32 Å². The molecule has 0 aromatic heterocycles. The molecule has 0 aliphatic rings. The Morgan fingerprint density at radius 3 is 2.62 bits per heavy atom. The number of carbonyl (C=O) groups is 2. The summed E-state index contributed by atoms with van der Waals surface area (Å²) in [7, 11) is 1.15. The largest absolute Gasteiger partial charge is 0.481 e. The molecule has 0 bridgehead atoms. The summed E-state index contributed by atoms with van der Waals surface area (Å²) in [5.74, 6) is -1.69. The first-order chi connectivity index (χ1) is 9.86. The molecule has 0 atom stereocenters. The van der Waals surface area contributed by atoms with Crippen LogP contribution in [0.15, 0.2) is 12.1 Å². The first-order valence-electron chi connectivity index (χ1n) is 6.19. The maximum absolute atomic E-state index is 11.6. The normalized spacial score (nSPS) is 10.0. The van der Waals surface area contributed by atoms with Crippen LogP contribution in [-0.2, 0) is 9.53 Å². The average Bonchev–Trinajstić information content (AvgIpc) is 2.41. The molecule has 114 valence electrons. The molecule has 0 aliphatic heterocycles. The standard InChI is InChI=1S/C13H16N2O6/c1-8-6-9(14-5-3-4-11(16)17)7-10(13(18)21-2)12(8)15(19)20/h6-7,14H,3-5H2,1-2H3,(H,16,17). The molecule has 1 aromatic rings. The highest BCUT2D eigenvalue weighted by Crippen LogP contribution is 2.28. The lowest BCUT2D eigenvalue weighted by Gasteiger charge is -2.10. The molecule has 0 fully saturated rings. The van der Waals surface area contributed by atoms with Gasteiger partial charge in [-0.1, -0.05) is 0 Å². The molecule has 2 N–H and O–H groups in total. The van der Waals surface area contributed by atoms with E-state index in [1.807, 2.05) is 0 Å². The van der Waals surface area contributed by atoms with Crippen LogP contribution in [0.25, 0.3) is 0 Å². The second-order valence-corrected chi connectivity index (χ2v) is 4.36. The minimum atomic E-state index is -0.896. The maximum atomic E-state index is 11.6. The topological polar surface area (TPSA) is 119 Å². The van der Waals surface area contributed by atoms with Crippen LogP contribution in [0.4, 0.5) is 11.4 Å². The Morgan fingerprint density at radius 2 is 2.10 bits per heavy atom. The Labute approximate surface area is 120 Å². The van der Waals surface area contributed by atoms with Gasteiger partial charge in [0, 0.05) is 24.2 Å².